The maximum absolute atomic E-state index is 13.9. The Morgan fingerprint density at radius 3 is 2.36 bits per heavy atom. The maximum Gasteiger partial charge on any atom is 0.267 e. The first kappa shape index (κ1) is 24.8. The number of nitrogens with zero attached hydrogens (tertiary/aromatic N) is 4. The van der Waals surface area contributed by atoms with Gasteiger partial charge in [0, 0.05) is 19.3 Å². The normalized spacial score (nSPS) is 15.1. The number of hydrogen-bond acceptors (Lipinski definition) is 4. The Morgan fingerprint density at radius 1 is 0.974 bits per heavy atom. The van der Waals surface area contributed by atoms with Crippen molar-refractivity contribution in [3.63, 3.8) is 0 Å². The van der Waals surface area contributed by atoms with Crippen molar-refractivity contribution in [2.24, 2.45) is 5.92 Å². The van der Waals surface area contributed by atoms with Crippen LogP contribution in [0.4, 0.5) is 0 Å². The first-order chi connectivity index (χ1) is 19.0. The molecule has 2 aromatic carbocycles. The van der Waals surface area contributed by atoms with E-state index in [9.17, 15) is 15.0 Å². The predicted octanol–water partition coefficient (Wildman–Crippen LogP) is 4.83. The largest absolute Gasteiger partial charge is 0.339 e. The first-order valence-electron chi connectivity index (χ1n) is 13.5. The van der Waals surface area contributed by atoms with Gasteiger partial charge in [0.2, 0.25) is 0 Å². The highest BCUT2D eigenvalue weighted by molar-refractivity contribution is 5.97. The lowest BCUT2D eigenvalue weighted by Crippen LogP contribution is -2.42. The fourth-order valence-corrected chi connectivity index (χ4v) is 5.73. The molecule has 1 N–H and O–H groups in total. The third kappa shape index (κ3) is 4.65. The van der Waals surface area contributed by atoms with E-state index in [-0.39, 0.29) is 28.6 Å². The molecular weight excluding hydrogens is 486 g/mol. The van der Waals surface area contributed by atoms with Gasteiger partial charge in [0.1, 0.15) is 16.8 Å². The lowest BCUT2D eigenvalue weighted by molar-refractivity contribution is 0.0687. The topological polar surface area (TPSA) is 83.5 Å². The molecule has 7 heteroatoms. The SMILES string of the molecule is CC(c1ccccc1)n1c(=N)c(C(=O)N2CCC(Cc3ccccc3)CC2)cc2c(=O)n3ccccc3nc21. The molecule has 7 nitrogen and oxygen atoms in total. The third-order valence-electron chi connectivity index (χ3n) is 7.93. The van der Waals surface area contributed by atoms with Crippen molar-refractivity contribution >= 4 is 22.6 Å². The number of carbonyl (C=O) groups is 1. The fraction of sp³-hybridized carbons (Fsp3) is 0.250. The molecular formula is C32H31N5O2. The van der Waals surface area contributed by atoms with Crippen LogP contribution >= 0.6 is 0 Å². The van der Waals surface area contributed by atoms with E-state index < -0.39 is 0 Å². The Balaban J connectivity index is 1.40. The van der Waals surface area contributed by atoms with Gasteiger partial charge in [-0.1, -0.05) is 66.7 Å². The zero-order chi connectivity index (χ0) is 26.9. The van der Waals surface area contributed by atoms with E-state index in [1.165, 1.54) is 9.96 Å². The van der Waals surface area contributed by atoms with Gasteiger partial charge in [0.05, 0.1) is 17.0 Å². The van der Waals surface area contributed by atoms with Gasteiger partial charge in [0.15, 0.2) is 0 Å². The number of fused-ring (bicyclic) bond motifs is 2. The van der Waals surface area contributed by atoms with Gasteiger partial charge in [-0.15, -0.1) is 0 Å². The van der Waals surface area contributed by atoms with E-state index in [2.05, 4.69) is 24.3 Å². The van der Waals surface area contributed by atoms with Gasteiger partial charge in [0.25, 0.3) is 11.5 Å². The Morgan fingerprint density at radius 2 is 1.64 bits per heavy atom. The number of benzene rings is 2. The number of hydrogen-bond donors (Lipinski definition) is 1. The highest BCUT2D eigenvalue weighted by Gasteiger charge is 2.27. The number of likely N-dealkylation sites (tertiary alicyclic amines) is 1. The molecule has 0 saturated carbocycles. The van der Waals surface area contributed by atoms with Crippen LogP contribution in [-0.4, -0.2) is 37.8 Å². The van der Waals surface area contributed by atoms with Crippen LogP contribution in [-0.2, 0) is 6.42 Å². The van der Waals surface area contributed by atoms with E-state index in [1.807, 2.05) is 54.3 Å². The summed E-state index contributed by atoms with van der Waals surface area (Å²) in [6, 6.07) is 27.0. The van der Waals surface area contributed by atoms with Crippen LogP contribution in [0, 0.1) is 11.3 Å². The van der Waals surface area contributed by atoms with Crippen molar-refractivity contribution in [1.29, 1.82) is 5.41 Å². The summed E-state index contributed by atoms with van der Waals surface area (Å²) in [5.41, 5.74) is 3.26. The Labute approximate surface area is 226 Å². The number of amides is 1. The van der Waals surface area contributed by atoms with Crippen LogP contribution in [0.3, 0.4) is 0 Å². The van der Waals surface area contributed by atoms with Gasteiger partial charge in [-0.05, 0) is 61.4 Å². The first-order valence-corrected chi connectivity index (χ1v) is 13.5. The molecule has 1 atom stereocenters. The molecule has 1 aliphatic heterocycles. The number of aromatic nitrogens is 3. The van der Waals surface area contributed by atoms with Crippen molar-refractivity contribution in [2.45, 2.75) is 32.2 Å². The van der Waals surface area contributed by atoms with Crippen LogP contribution in [0.25, 0.3) is 16.7 Å². The molecule has 1 saturated heterocycles. The van der Waals surface area contributed by atoms with Crippen LogP contribution < -0.4 is 11.0 Å². The van der Waals surface area contributed by atoms with Crippen molar-refractivity contribution in [2.75, 3.05) is 13.1 Å². The molecule has 0 spiro atoms. The minimum atomic E-state index is -0.302. The zero-order valence-electron chi connectivity index (χ0n) is 22.0. The van der Waals surface area contributed by atoms with Crippen LogP contribution in [0.15, 0.2) is 95.9 Å². The Hall–Kier alpha value is -4.52. The van der Waals surface area contributed by atoms with Gasteiger partial charge >= 0.3 is 0 Å². The van der Waals surface area contributed by atoms with Crippen LogP contribution in [0.5, 0.6) is 0 Å². The number of carbonyl (C=O) groups excluding carboxylic acids is 1. The standard InChI is InChI=1S/C32H31N5O2/c1-22(25-12-6-3-7-13-25)37-29(33)26(21-27-30(37)34-28-14-8-9-17-36(28)32(27)39)31(38)35-18-15-24(16-19-35)20-23-10-4-2-5-11-23/h2-14,17,21-22,24,33H,15-16,18-20H2,1H3. The minimum absolute atomic E-state index is 0.0717. The number of piperidine rings is 1. The number of rotatable bonds is 5. The van der Waals surface area contributed by atoms with Crippen molar-refractivity contribution in [3.05, 3.63) is 124 Å². The number of pyridine rings is 2. The molecule has 0 bridgehead atoms. The molecule has 0 aliphatic carbocycles. The fourth-order valence-electron chi connectivity index (χ4n) is 5.73. The predicted molar refractivity (Wildman–Crippen MR) is 152 cm³/mol. The lowest BCUT2D eigenvalue weighted by atomic mass is 9.90. The van der Waals surface area contributed by atoms with E-state index in [0.29, 0.717) is 35.7 Å². The van der Waals surface area contributed by atoms with E-state index in [4.69, 9.17) is 4.98 Å². The summed E-state index contributed by atoms with van der Waals surface area (Å²) in [5, 5.41) is 9.52. The van der Waals surface area contributed by atoms with Gasteiger partial charge < -0.3 is 9.47 Å². The molecule has 1 unspecified atom stereocenters. The van der Waals surface area contributed by atoms with E-state index >= 15 is 0 Å². The summed E-state index contributed by atoms with van der Waals surface area (Å²) in [4.78, 5) is 34.1. The molecule has 39 heavy (non-hydrogen) atoms. The second-order valence-corrected chi connectivity index (χ2v) is 10.4. The van der Waals surface area contributed by atoms with E-state index in [0.717, 1.165) is 24.8 Å². The molecule has 0 radical (unpaired) electrons. The summed E-state index contributed by atoms with van der Waals surface area (Å²) < 4.78 is 3.22. The van der Waals surface area contributed by atoms with Crippen molar-refractivity contribution in [3.8, 4) is 0 Å². The average Bonchev–Trinajstić information content (AvgIpc) is 2.98. The number of nitrogens with one attached hydrogen (secondary N) is 1. The quantitative estimate of drug-likeness (QED) is 0.339. The molecule has 1 aliphatic rings. The molecule has 3 aromatic heterocycles. The monoisotopic (exact) mass is 517 g/mol. The van der Waals surface area contributed by atoms with Gasteiger partial charge in [-0.25, -0.2) is 4.98 Å². The highest BCUT2D eigenvalue weighted by Crippen LogP contribution is 2.24. The molecule has 5 aromatic rings. The second kappa shape index (κ2) is 10.3. The van der Waals surface area contributed by atoms with Crippen LogP contribution in [0.2, 0.25) is 0 Å². The lowest BCUT2D eigenvalue weighted by Gasteiger charge is -2.32. The molecule has 1 amide bonds. The highest BCUT2D eigenvalue weighted by atomic mass is 16.2. The van der Waals surface area contributed by atoms with Crippen LogP contribution in [0.1, 0.15) is 47.3 Å². The second-order valence-electron chi connectivity index (χ2n) is 10.4. The maximum atomic E-state index is 13.9. The summed E-state index contributed by atoms with van der Waals surface area (Å²) in [6.45, 7) is 3.25. The third-order valence-corrected chi connectivity index (χ3v) is 7.93. The summed E-state index contributed by atoms with van der Waals surface area (Å²) in [5.74, 6) is 0.318. The summed E-state index contributed by atoms with van der Waals surface area (Å²) in [6.07, 6.45) is 4.52. The smallest absolute Gasteiger partial charge is 0.267 e. The summed E-state index contributed by atoms with van der Waals surface area (Å²) >= 11 is 0. The Bertz CT molecular complexity index is 1770. The average molecular weight is 518 g/mol. The Kier molecular flexibility index (Phi) is 6.57. The molecule has 4 heterocycles. The molecule has 6 rings (SSSR count). The van der Waals surface area contributed by atoms with E-state index in [1.54, 1.807) is 29.0 Å². The zero-order valence-corrected chi connectivity index (χ0v) is 22.0. The molecule has 196 valence electrons. The molecule has 1 fully saturated rings. The summed E-state index contributed by atoms with van der Waals surface area (Å²) in [7, 11) is 0. The van der Waals surface area contributed by atoms with Crippen molar-refractivity contribution in [1.82, 2.24) is 18.9 Å². The van der Waals surface area contributed by atoms with Gasteiger partial charge in [-0.2, -0.15) is 0 Å². The van der Waals surface area contributed by atoms with Gasteiger partial charge in [-0.3, -0.25) is 19.4 Å². The minimum Gasteiger partial charge on any atom is -0.339 e. The van der Waals surface area contributed by atoms with Crippen molar-refractivity contribution < 1.29 is 4.79 Å².